The average Bonchev–Trinajstić information content (AvgIpc) is 3.19. The summed E-state index contributed by atoms with van der Waals surface area (Å²) in [4.78, 5) is 25.4. The Balaban J connectivity index is 1.73. The van der Waals surface area contributed by atoms with E-state index < -0.39 is 22.0 Å². The lowest BCUT2D eigenvalue weighted by Gasteiger charge is -2.16. The van der Waals surface area contributed by atoms with Crippen molar-refractivity contribution in [1.82, 2.24) is 9.88 Å². The normalized spacial score (nSPS) is 14.7. The molecule has 1 aromatic heterocycles. The van der Waals surface area contributed by atoms with E-state index in [9.17, 15) is 18.0 Å². The van der Waals surface area contributed by atoms with Crippen LogP contribution in [0.15, 0.2) is 33.7 Å². The SMILES string of the molecule is CC(=O)N1CCc2cc(S(=O)(=O)N[C@@H](C)C(=O)Nc3cc(C)on3)ccc21. The van der Waals surface area contributed by atoms with E-state index in [1.165, 1.54) is 32.0 Å². The van der Waals surface area contributed by atoms with Gasteiger partial charge in [-0.2, -0.15) is 4.72 Å². The zero-order valence-corrected chi connectivity index (χ0v) is 16.0. The Morgan fingerprint density at radius 3 is 2.67 bits per heavy atom. The van der Waals surface area contributed by atoms with Gasteiger partial charge < -0.3 is 14.7 Å². The maximum Gasteiger partial charge on any atom is 0.243 e. The standard InChI is InChI=1S/C17H20N4O5S/c1-10-8-16(19-26-10)18-17(23)11(2)20-27(24,25)14-4-5-15-13(9-14)6-7-21(15)12(3)22/h4-5,8-9,11,20H,6-7H2,1-3H3,(H,18,19,23)/t11-/m0/s1. The summed E-state index contributed by atoms with van der Waals surface area (Å²) < 4.78 is 32.4. The van der Waals surface area contributed by atoms with E-state index in [-0.39, 0.29) is 16.6 Å². The predicted molar refractivity (Wildman–Crippen MR) is 97.8 cm³/mol. The van der Waals surface area contributed by atoms with Crippen molar-refractivity contribution in [3.05, 3.63) is 35.6 Å². The first kappa shape index (κ1) is 19.1. The minimum atomic E-state index is -3.91. The number of rotatable bonds is 5. The third-order valence-electron chi connectivity index (χ3n) is 4.24. The van der Waals surface area contributed by atoms with E-state index in [4.69, 9.17) is 4.52 Å². The Morgan fingerprint density at radius 2 is 2.04 bits per heavy atom. The van der Waals surface area contributed by atoms with Crippen LogP contribution in [-0.4, -0.2) is 38.0 Å². The summed E-state index contributed by atoms with van der Waals surface area (Å²) >= 11 is 0. The van der Waals surface area contributed by atoms with E-state index >= 15 is 0 Å². The van der Waals surface area contributed by atoms with Crippen LogP contribution < -0.4 is 14.9 Å². The van der Waals surface area contributed by atoms with Crippen LogP contribution in [0.2, 0.25) is 0 Å². The topological polar surface area (TPSA) is 122 Å². The number of anilines is 2. The van der Waals surface area contributed by atoms with Gasteiger partial charge in [-0.3, -0.25) is 9.59 Å². The molecule has 0 aliphatic carbocycles. The quantitative estimate of drug-likeness (QED) is 0.788. The Kier molecular flexibility index (Phi) is 5.03. The van der Waals surface area contributed by atoms with E-state index in [1.54, 1.807) is 17.9 Å². The minimum absolute atomic E-state index is 0.0450. The molecule has 0 spiro atoms. The second-order valence-electron chi connectivity index (χ2n) is 6.37. The molecule has 0 saturated carbocycles. The molecule has 10 heteroatoms. The lowest BCUT2D eigenvalue weighted by atomic mass is 10.2. The summed E-state index contributed by atoms with van der Waals surface area (Å²) in [5.41, 5.74) is 1.50. The molecule has 0 bridgehead atoms. The van der Waals surface area contributed by atoms with E-state index in [0.29, 0.717) is 24.4 Å². The molecule has 1 aliphatic rings. The number of sulfonamides is 1. The van der Waals surface area contributed by atoms with Crippen molar-refractivity contribution in [2.75, 3.05) is 16.8 Å². The van der Waals surface area contributed by atoms with Gasteiger partial charge in [-0.15, -0.1) is 0 Å². The third kappa shape index (κ3) is 4.01. The first-order chi connectivity index (χ1) is 12.7. The number of amides is 2. The molecule has 1 atom stereocenters. The van der Waals surface area contributed by atoms with Crippen LogP contribution in [0.1, 0.15) is 25.2 Å². The first-order valence-corrected chi connectivity index (χ1v) is 9.83. The molecule has 27 heavy (non-hydrogen) atoms. The van der Waals surface area contributed by atoms with Gasteiger partial charge in [-0.1, -0.05) is 5.16 Å². The summed E-state index contributed by atoms with van der Waals surface area (Å²) in [6, 6.07) is 5.08. The first-order valence-electron chi connectivity index (χ1n) is 8.35. The fourth-order valence-electron chi connectivity index (χ4n) is 2.89. The van der Waals surface area contributed by atoms with Gasteiger partial charge in [0.05, 0.1) is 10.9 Å². The molecular weight excluding hydrogens is 372 g/mol. The monoisotopic (exact) mass is 392 g/mol. The molecule has 3 rings (SSSR count). The van der Waals surface area contributed by atoms with Crippen molar-refractivity contribution in [2.45, 2.75) is 38.1 Å². The molecule has 0 fully saturated rings. The van der Waals surface area contributed by atoms with Crippen LogP contribution in [0.4, 0.5) is 11.5 Å². The molecule has 0 radical (unpaired) electrons. The van der Waals surface area contributed by atoms with Gasteiger partial charge in [0, 0.05) is 25.2 Å². The van der Waals surface area contributed by atoms with Crippen LogP contribution >= 0.6 is 0 Å². The Hall–Kier alpha value is -2.72. The van der Waals surface area contributed by atoms with Crippen molar-refractivity contribution in [3.63, 3.8) is 0 Å². The number of hydrogen-bond acceptors (Lipinski definition) is 6. The maximum absolute atomic E-state index is 12.6. The fraction of sp³-hybridized carbons (Fsp3) is 0.353. The third-order valence-corrected chi connectivity index (χ3v) is 5.78. The van der Waals surface area contributed by atoms with Gasteiger partial charge in [0.2, 0.25) is 21.8 Å². The molecule has 144 valence electrons. The van der Waals surface area contributed by atoms with Crippen LogP contribution in [0.5, 0.6) is 0 Å². The second-order valence-corrected chi connectivity index (χ2v) is 8.08. The molecular formula is C17H20N4O5S. The zero-order valence-electron chi connectivity index (χ0n) is 15.1. The number of aromatic nitrogens is 1. The smallest absolute Gasteiger partial charge is 0.243 e. The molecule has 2 heterocycles. The molecule has 0 saturated heterocycles. The molecule has 0 unspecified atom stereocenters. The Bertz CT molecular complexity index is 999. The lowest BCUT2D eigenvalue weighted by molar-refractivity contribution is -0.117. The number of aryl methyl sites for hydroxylation is 1. The lowest BCUT2D eigenvalue weighted by Crippen LogP contribution is -2.41. The van der Waals surface area contributed by atoms with Gasteiger partial charge in [0.15, 0.2) is 5.82 Å². The highest BCUT2D eigenvalue weighted by molar-refractivity contribution is 7.89. The molecule has 1 aromatic carbocycles. The van der Waals surface area contributed by atoms with Crippen LogP contribution in [-0.2, 0) is 26.0 Å². The van der Waals surface area contributed by atoms with Crippen LogP contribution in [0.25, 0.3) is 0 Å². The number of nitrogens with one attached hydrogen (secondary N) is 2. The number of fused-ring (bicyclic) bond motifs is 1. The summed E-state index contributed by atoms with van der Waals surface area (Å²) in [6.07, 6.45) is 0.583. The molecule has 2 N–H and O–H groups in total. The minimum Gasteiger partial charge on any atom is -0.360 e. The highest BCUT2D eigenvalue weighted by Crippen LogP contribution is 2.30. The van der Waals surface area contributed by atoms with Gasteiger partial charge in [-0.05, 0) is 44.0 Å². The van der Waals surface area contributed by atoms with Crippen LogP contribution in [0.3, 0.4) is 0 Å². The van der Waals surface area contributed by atoms with Crippen molar-refractivity contribution in [2.24, 2.45) is 0 Å². The molecule has 9 nitrogen and oxygen atoms in total. The van der Waals surface area contributed by atoms with Gasteiger partial charge in [0.25, 0.3) is 0 Å². The summed E-state index contributed by atoms with van der Waals surface area (Å²) in [5.74, 6) is 0.0911. The Morgan fingerprint density at radius 1 is 1.30 bits per heavy atom. The van der Waals surface area contributed by atoms with Gasteiger partial charge in [-0.25, -0.2) is 8.42 Å². The summed E-state index contributed by atoms with van der Waals surface area (Å²) in [5, 5.41) is 6.12. The van der Waals surface area contributed by atoms with Gasteiger partial charge in [0.1, 0.15) is 5.76 Å². The summed E-state index contributed by atoms with van der Waals surface area (Å²) in [7, 11) is -3.91. The van der Waals surface area contributed by atoms with Crippen LogP contribution in [0, 0.1) is 6.92 Å². The fourth-order valence-corrected chi connectivity index (χ4v) is 4.14. The predicted octanol–water partition coefficient (Wildman–Crippen LogP) is 1.20. The second kappa shape index (κ2) is 7.12. The zero-order chi connectivity index (χ0) is 19.8. The van der Waals surface area contributed by atoms with Gasteiger partial charge >= 0.3 is 0 Å². The highest BCUT2D eigenvalue weighted by atomic mass is 32.2. The Labute approximate surface area is 156 Å². The van der Waals surface area contributed by atoms with E-state index in [0.717, 1.165) is 5.56 Å². The largest absolute Gasteiger partial charge is 0.360 e. The van der Waals surface area contributed by atoms with Crippen molar-refractivity contribution >= 4 is 33.3 Å². The molecule has 2 amide bonds. The highest BCUT2D eigenvalue weighted by Gasteiger charge is 2.27. The number of carbonyl (C=O) groups excluding carboxylic acids is 2. The van der Waals surface area contributed by atoms with Crippen molar-refractivity contribution in [1.29, 1.82) is 0 Å². The average molecular weight is 392 g/mol. The number of benzene rings is 1. The summed E-state index contributed by atoms with van der Waals surface area (Å²) in [6.45, 7) is 5.11. The van der Waals surface area contributed by atoms with Crippen molar-refractivity contribution in [3.8, 4) is 0 Å². The number of nitrogens with zero attached hydrogens (tertiary/aromatic N) is 2. The molecule has 1 aliphatic heterocycles. The van der Waals surface area contributed by atoms with E-state index in [2.05, 4.69) is 15.2 Å². The number of hydrogen-bond donors (Lipinski definition) is 2. The molecule has 2 aromatic rings. The van der Waals surface area contributed by atoms with Crippen molar-refractivity contribution < 1.29 is 22.5 Å². The maximum atomic E-state index is 12.6. The van der Waals surface area contributed by atoms with E-state index in [1.807, 2.05) is 0 Å². The number of carbonyl (C=O) groups is 2.